The van der Waals surface area contributed by atoms with Gasteiger partial charge >= 0.3 is 6.18 Å². The molecule has 0 aliphatic carbocycles. The number of nitrogens with two attached hydrogens (primary N) is 1. The molecule has 1 aromatic rings. The Balaban J connectivity index is 2.95. The summed E-state index contributed by atoms with van der Waals surface area (Å²) in [6.45, 7) is -0.0598. The minimum atomic E-state index is -4.35. The number of aryl methyl sites for hydroxylation is 1. The molecular formula is C10H12F3NO. The fourth-order valence-corrected chi connectivity index (χ4v) is 1.27. The van der Waals surface area contributed by atoms with Crippen molar-refractivity contribution < 1.29 is 18.3 Å². The molecule has 0 atom stereocenters. The van der Waals surface area contributed by atoms with E-state index in [1.54, 1.807) is 0 Å². The van der Waals surface area contributed by atoms with E-state index in [-0.39, 0.29) is 6.61 Å². The zero-order chi connectivity index (χ0) is 11.5. The first-order valence-corrected chi connectivity index (χ1v) is 4.51. The minimum Gasteiger partial charge on any atom is -0.399 e. The van der Waals surface area contributed by atoms with Crippen LogP contribution in [-0.4, -0.2) is 11.7 Å². The fraction of sp³-hybridized carbons (Fsp3) is 0.400. The van der Waals surface area contributed by atoms with Crippen LogP contribution in [0, 0.1) is 0 Å². The van der Waals surface area contributed by atoms with Crippen LogP contribution in [0.25, 0.3) is 0 Å². The monoisotopic (exact) mass is 219 g/mol. The van der Waals surface area contributed by atoms with Crippen LogP contribution in [0.4, 0.5) is 18.9 Å². The topological polar surface area (TPSA) is 46.2 Å². The van der Waals surface area contributed by atoms with E-state index in [0.717, 1.165) is 12.1 Å². The molecule has 0 radical (unpaired) electrons. The van der Waals surface area contributed by atoms with Gasteiger partial charge in [-0.1, -0.05) is 0 Å². The van der Waals surface area contributed by atoms with Gasteiger partial charge in [-0.2, -0.15) is 13.2 Å². The molecule has 2 nitrogen and oxygen atoms in total. The molecule has 3 N–H and O–H groups in total. The van der Waals surface area contributed by atoms with E-state index in [1.807, 2.05) is 0 Å². The van der Waals surface area contributed by atoms with Crippen LogP contribution in [0.1, 0.15) is 17.5 Å². The number of alkyl halides is 3. The average Bonchev–Trinajstić information content (AvgIpc) is 2.15. The van der Waals surface area contributed by atoms with Crippen LogP contribution < -0.4 is 5.73 Å². The van der Waals surface area contributed by atoms with Gasteiger partial charge in [0.05, 0.1) is 5.56 Å². The Kier molecular flexibility index (Phi) is 3.57. The van der Waals surface area contributed by atoms with E-state index in [0.29, 0.717) is 24.1 Å². The third-order valence-corrected chi connectivity index (χ3v) is 2.07. The molecular weight excluding hydrogens is 207 g/mol. The van der Waals surface area contributed by atoms with Crippen molar-refractivity contribution in [3.63, 3.8) is 0 Å². The first kappa shape index (κ1) is 11.8. The lowest BCUT2D eigenvalue weighted by atomic mass is 10.0. The van der Waals surface area contributed by atoms with Crippen LogP contribution in [0.15, 0.2) is 18.2 Å². The van der Waals surface area contributed by atoms with E-state index >= 15 is 0 Å². The number of aliphatic hydroxyl groups excluding tert-OH is 1. The van der Waals surface area contributed by atoms with Gasteiger partial charge in [-0.15, -0.1) is 0 Å². The predicted octanol–water partition coefficient (Wildman–Crippen LogP) is 2.21. The third kappa shape index (κ3) is 3.13. The van der Waals surface area contributed by atoms with Crippen molar-refractivity contribution in [3.8, 4) is 0 Å². The van der Waals surface area contributed by atoms with E-state index in [9.17, 15) is 13.2 Å². The normalized spacial score (nSPS) is 11.7. The molecule has 0 heterocycles. The molecule has 0 aliphatic heterocycles. The van der Waals surface area contributed by atoms with Crippen molar-refractivity contribution in [2.24, 2.45) is 0 Å². The maximum absolute atomic E-state index is 12.3. The van der Waals surface area contributed by atoms with E-state index in [1.165, 1.54) is 6.07 Å². The number of benzene rings is 1. The van der Waals surface area contributed by atoms with Crippen molar-refractivity contribution in [2.75, 3.05) is 12.3 Å². The Morgan fingerprint density at radius 1 is 1.27 bits per heavy atom. The van der Waals surface area contributed by atoms with Gasteiger partial charge < -0.3 is 10.8 Å². The molecule has 1 aromatic carbocycles. The number of aliphatic hydroxyl groups is 1. The van der Waals surface area contributed by atoms with Crippen LogP contribution in [0.3, 0.4) is 0 Å². The van der Waals surface area contributed by atoms with E-state index < -0.39 is 11.7 Å². The van der Waals surface area contributed by atoms with E-state index in [4.69, 9.17) is 10.8 Å². The SMILES string of the molecule is Nc1ccc(C(F)(F)F)cc1CCCO. The van der Waals surface area contributed by atoms with E-state index in [2.05, 4.69) is 0 Å². The fourth-order valence-electron chi connectivity index (χ4n) is 1.27. The van der Waals surface area contributed by atoms with Crippen LogP contribution >= 0.6 is 0 Å². The van der Waals surface area contributed by atoms with Gasteiger partial charge in [-0.25, -0.2) is 0 Å². The lowest BCUT2D eigenvalue weighted by Gasteiger charge is -2.10. The highest BCUT2D eigenvalue weighted by atomic mass is 19.4. The quantitative estimate of drug-likeness (QED) is 0.765. The number of halogens is 3. The second-order valence-corrected chi connectivity index (χ2v) is 3.24. The number of hydrogen-bond acceptors (Lipinski definition) is 2. The number of anilines is 1. The van der Waals surface area contributed by atoms with Crippen molar-refractivity contribution in [1.29, 1.82) is 0 Å². The standard InChI is InChI=1S/C10H12F3NO/c11-10(12,13)8-3-4-9(14)7(6-8)2-1-5-15/h3-4,6,15H,1-2,5,14H2. The summed E-state index contributed by atoms with van der Waals surface area (Å²) in [5.41, 5.74) is 5.58. The van der Waals surface area contributed by atoms with Crippen molar-refractivity contribution in [3.05, 3.63) is 29.3 Å². The van der Waals surface area contributed by atoms with Crippen molar-refractivity contribution >= 4 is 5.69 Å². The molecule has 84 valence electrons. The summed E-state index contributed by atoms with van der Waals surface area (Å²) in [6.07, 6.45) is -3.58. The molecule has 5 heteroatoms. The highest BCUT2D eigenvalue weighted by molar-refractivity contribution is 5.49. The zero-order valence-electron chi connectivity index (χ0n) is 8.01. The highest BCUT2D eigenvalue weighted by Gasteiger charge is 2.30. The smallest absolute Gasteiger partial charge is 0.399 e. The average molecular weight is 219 g/mol. The third-order valence-electron chi connectivity index (χ3n) is 2.07. The molecule has 1 rings (SSSR count). The minimum absolute atomic E-state index is 0.0598. The number of rotatable bonds is 3. The van der Waals surface area contributed by atoms with Crippen LogP contribution in [0.2, 0.25) is 0 Å². The molecule has 0 bridgehead atoms. The molecule has 0 spiro atoms. The highest BCUT2D eigenvalue weighted by Crippen LogP contribution is 2.31. The van der Waals surface area contributed by atoms with Crippen molar-refractivity contribution in [2.45, 2.75) is 19.0 Å². The maximum Gasteiger partial charge on any atom is 0.416 e. The first-order chi connectivity index (χ1) is 6.95. The summed E-state index contributed by atoms with van der Waals surface area (Å²) >= 11 is 0. The Labute approximate surface area is 85.5 Å². The Morgan fingerprint density at radius 2 is 1.93 bits per heavy atom. The summed E-state index contributed by atoms with van der Waals surface area (Å²) in [6, 6.07) is 3.23. The van der Waals surface area contributed by atoms with Gasteiger partial charge in [0, 0.05) is 12.3 Å². The molecule has 0 fully saturated rings. The molecule has 0 saturated carbocycles. The van der Waals surface area contributed by atoms with Gasteiger partial charge in [0.25, 0.3) is 0 Å². The molecule has 15 heavy (non-hydrogen) atoms. The lowest BCUT2D eigenvalue weighted by Crippen LogP contribution is -2.07. The number of nitrogen functional groups attached to an aromatic ring is 1. The molecule has 0 unspecified atom stereocenters. The summed E-state index contributed by atoms with van der Waals surface area (Å²) < 4.78 is 37.0. The Morgan fingerprint density at radius 3 is 2.47 bits per heavy atom. The first-order valence-electron chi connectivity index (χ1n) is 4.51. The number of hydrogen-bond donors (Lipinski definition) is 2. The molecule has 0 amide bonds. The molecule has 0 saturated heterocycles. The van der Waals surface area contributed by atoms with Gasteiger partial charge in [0.2, 0.25) is 0 Å². The van der Waals surface area contributed by atoms with Gasteiger partial charge in [0.1, 0.15) is 0 Å². The summed E-state index contributed by atoms with van der Waals surface area (Å²) in [4.78, 5) is 0. The summed E-state index contributed by atoms with van der Waals surface area (Å²) in [5, 5.41) is 8.58. The Hall–Kier alpha value is -1.23. The second-order valence-electron chi connectivity index (χ2n) is 3.24. The summed E-state index contributed by atoms with van der Waals surface area (Å²) in [5.74, 6) is 0. The maximum atomic E-state index is 12.3. The van der Waals surface area contributed by atoms with Crippen LogP contribution in [0.5, 0.6) is 0 Å². The Bertz CT molecular complexity index is 336. The van der Waals surface area contributed by atoms with Crippen molar-refractivity contribution in [1.82, 2.24) is 0 Å². The van der Waals surface area contributed by atoms with Gasteiger partial charge in [-0.05, 0) is 36.6 Å². The lowest BCUT2D eigenvalue weighted by molar-refractivity contribution is -0.137. The van der Waals surface area contributed by atoms with Gasteiger partial charge in [-0.3, -0.25) is 0 Å². The van der Waals surface area contributed by atoms with Gasteiger partial charge in [0.15, 0.2) is 0 Å². The molecule has 0 aromatic heterocycles. The van der Waals surface area contributed by atoms with Crippen LogP contribution in [-0.2, 0) is 12.6 Å². The largest absolute Gasteiger partial charge is 0.416 e. The second kappa shape index (κ2) is 4.53. The summed E-state index contributed by atoms with van der Waals surface area (Å²) in [7, 11) is 0. The zero-order valence-corrected chi connectivity index (χ0v) is 8.01. The molecule has 0 aliphatic rings. The predicted molar refractivity (Wildman–Crippen MR) is 51.3 cm³/mol.